The molecule has 0 fully saturated rings. The molecule has 0 amide bonds. The number of alkyl halides is 1. The van der Waals surface area contributed by atoms with Gasteiger partial charge >= 0.3 is 0 Å². The minimum absolute atomic E-state index is 0.103. The van der Waals surface area contributed by atoms with Crippen molar-refractivity contribution in [3.05, 3.63) is 29.8 Å². The van der Waals surface area contributed by atoms with Crippen LogP contribution in [-0.2, 0) is 0 Å². The Bertz CT molecular complexity index is 350. The molecule has 1 aromatic carbocycles. The van der Waals surface area contributed by atoms with Crippen LogP contribution in [0.5, 0.6) is 5.75 Å². The van der Waals surface area contributed by atoms with Crippen LogP contribution in [0, 0.1) is 0 Å². The highest BCUT2D eigenvalue weighted by atomic mass is 79.9. The molecule has 0 saturated heterocycles. The van der Waals surface area contributed by atoms with Gasteiger partial charge in [0.05, 0.1) is 17.0 Å². The SMILES string of the molecule is CCCC(Br)C(=O)c1ccccc1OCC. The van der Waals surface area contributed by atoms with Crippen LogP contribution in [0.25, 0.3) is 0 Å². The lowest BCUT2D eigenvalue weighted by atomic mass is 10.0. The summed E-state index contributed by atoms with van der Waals surface area (Å²) < 4.78 is 5.44. The maximum Gasteiger partial charge on any atom is 0.180 e. The molecule has 88 valence electrons. The van der Waals surface area contributed by atoms with Crippen LogP contribution in [0.4, 0.5) is 0 Å². The van der Waals surface area contributed by atoms with Crippen molar-refractivity contribution in [1.82, 2.24) is 0 Å². The van der Waals surface area contributed by atoms with Gasteiger partial charge in [0.2, 0.25) is 0 Å². The van der Waals surface area contributed by atoms with Crippen molar-refractivity contribution in [3.8, 4) is 5.75 Å². The third-order valence-electron chi connectivity index (χ3n) is 2.28. The number of ether oxygens (including phenoxy) is 1. The molecule has 0 spiro atoms. The van der Waals surface area contributed by atoms with E-state index in [1.165, 1.54) is 0 Å². The van der Waals surface area contributed by atoms with Gasteiger partial charge in [0.25, 0.3) is 0 Å². The van der Waals surface area contributed by atoms with E-state index in [-0.39, 0.29) is 10.6 Å². The molecule has 0 aliphatic rings. The number of benzene rings is 1. The van der Waals surface area contributed by atoms with Crippen molar-refractivity contribution in [3.63, 3.8) is 0 Å². The first-order chi connectivity index (χ1) is 7.70. The van der Waals surface area contributed by atoms with E-state index in [9.17, 15) is 4.79 Å². The van der Waals surface area contributed by atoms with Gasteiger partial charge in [-0.3, -0.25) is 4.79 Å². The second kappa shape index (κ2) is 6.69. The Kier molecular flexibility index (Phi) is 5.53. The van der Waals surface area contributed by atoms with Crippen molar-refractivity contribution in [2.24, 2.45) is 0 Å². The van der Waals surface area contributed by atoms with Crippen molar-refractivity contribution in [1.29, 1.82) is 0 Å². The third kappa shape index (κ3) is 3.34. The van der Waals surface area contributed by atoms with E-state index in [2.05, 4.69) is 22.9 Å². The van der Waals surface area contributed by atoms with Gasteiger partial charge in [-0.15, -0.1) is 0 Å². The predicted octanol–water partition coefficient (Wildman–Crippen LogP) is 3.83. The lowest BCUT2D eigenvalue weighted by Crippen LogP contribution is -2.15. The molecule has 2 nitrogen and oxygen atoms in total. The van der Waals surface area contributed by atoms with Crippen molar-refractivity contribution < 1.29 is 9.53 Å². The quantitative estimate of drug-likeness (QED) is 0.586. The molecular formula is C13H17BrO2. The molecule has 0 aliphatic carbocycles. The molecule has 0 aromatic heterocycles. The molecule has 16 heavy (non-hydrogen) atoms. The highest BCUT2D eigenvalue weighted by molar-refractivity contribution is 9.10. The maximum absolute atomic E-state index is 12.1. The number of para-hydroxylation sites is 1. The molecule has 0 bridgehead atoms. The largest absolute Gasteiger partial charge is 0.493 e. The van der Waals surface area contributed by atoms with E-state index in [0.717, 1.165) is 12.8 Å². The Hall–Kier alpha value is -0.830. The highest BCUT2D eigenvalue weighted by Crippen LogP contribution is 2.23. The van der Waals surface area contributed by atoms with Crippen LogP contribution in [0.2, 0.25) is 0 Å². The fraction of sp³-hybridized carbons (Fsp3) is 0.462. The molecule has 1 aromatic rings. The Balaban J connectivity index is 2.89. The lowest BCUT2D eigenvalue weighted by Gasteiger charge is -2.12. The molecular weight excluding hydrogens is 268 g/mol. The Morgan fingerprint density at radius 3 is 2.69 bits per heavy atom. The van der Waals surface area contributed by atoms with Crippen molar-refractivity contribution in [2.45, 2.75) is 31.5 Å². The zero-order valence-corrected chi connectivity index (χ0v) is 11.3. The molecule has 0 N–H and O–H groups in total. The summed E-state index contributed by atoms with van der Waals surface area (Å²) >= 11 is 3.42. The van der Waals surface area contributed by atoms with Gasteiger partial charge in [0, 0.05) is 0 Å². The van der Waals surface area contributed by atoms with E-state index >= 15 is 0 Å². The second-order valence-corrected chi connectivity index (χ2v) is 4.65. The predicted molar refractivity (Wildman–Crippen MR) is 69.6 cm³/mol. The van der Waals surface area contributed by atoms with E-state index in [0.29, 0.717) is 17.9 Å². The Morgan fingerprint density at radius 2 is 2.06 bits per heavy atom. The number of carbonyl (C=O) groups excluding carboxylic acids is 1. The lowest BCUT2D eigenvalue weighted by molar-refractivity contribution is 0.0985. The summed E-state index contributed by atoms with van der Waals surface area (Å²) in [5.41, 5.74) is 0.666. The van der Waals surface area contributed by atoms with E-state index in [1.54, 1.807) is 0 Å². The highest BCUT2D eigenvalue weighted by Gasteiger charge is 2.19. The number of Topliss-reactive ketones (excluding diaryl/α,β-unsaturated/α-hetero) is 1. The molecule has 1 atom stereocenters. The number of halogens is 1. The van der Waals surface area contributed by atoms with Gasteiger partial charge in [0.1, 0.15) is 5.75 Å². The molecule has 0 heterocycles. The van der Waals surface area contributed by atoms with E-state index in [1.807, 2.05) is 31.2 Å². The monoisotopic (exact) mass is 284 g/mol. The third-order valence-corrected chi connectivity index (χ3v) is 3.15. The van der Waals surface area contributed by atoms with Gasteiger partial charge in [-0.25, -0.2) is 0 Å². The first-order valence-corrected chi connectivity index (χ1v) is 6.52. The number of hydrogen-bond acceptors (Lipinski definition) is 2. The molecule has 3 heteroatoms. The summed E-state index contributed by atoms with van der Waals surface area (Å²) in [5, 5.41) is 0. The van der Waals surface area contributed by atoms with Crippen LogP contribution < -0.4 is 4.74 Å². The second-order valence-electron chi connectivity index (χ2n) is 3.55. The summed E-state index contributed by atoms with van der Waals surface area (Å²) in [7, 11) is 0. The molecule has 0 saturated carbocycles. The number of carbonyl (C=O) groups is 1. The minimum atomic E-state index is -0.112. The van der Waals surface area contributed by atoms with Crippen LogP contribution >= 0.6 is 15.9 Å². The van der Waals surface area contributed by atoms with Crippen LogP contribution in [-0.4, -0.2) is 17.2 Å². The summed E-state index contributed by atoms with van der Waals surface area (Å²) in [6, 6.07) is 7.39. The fourth-order valence-electron chi connectivity index (χ4n) is 1.50. The fourth-order valence-corrected chi connectivity index (χ4v) is 2.21. The minimum Gasteiger partial charge on any atom is -0.493 e. The van der Waals surface area contributed by atoms with E-state index < -0.39 is 0 Å². The van der Waals surface area contributed by atoms with Crippen LogP contribution in [0.15, 0.2) is 24.3 Å². The summed E-state index contributed by atoms with van der Waals surface area (Å²) in [6.45, 7) is 4.56. The molecule has 0 radical (unpaired) electrons. The topological polar surface area (TPSA) is 26.3 Å². The summed E-state index contributed by atoms with van der Waals surface area (Å²) in [4.78, 5) is 12.0. The van der Waals surface area contributed by atoms with Gasteiger partial charge in [-0.2, -0.15) is 0 Å². The van der Waals surface area contributed by atoms with Crippen LogP contribution in [0.1, 0.15) is 37.0 Å². The van der Waals surface area contributed by atoms with Crippen LogP contribution in [0.3, 0.4) is 0 Å². The van der Waals surface area contributed by atoms with Crippen molar-refractivity contribution in [2.75, 3.05) is 6.61 Å². The number of hydrogen-bond donors (Lipinski definition) is 0. The first-order valence-electron chi connectivity index (χ1n) is 5.60. The maximum atomic E-state index is 12.1. The normalized spacial score (nSPS) is 12.2. The van der Waals surface area contributed by atoms with Gasteiger partial charge in [-0.05, 0) is 25.5 Å². The molecule has 1 unspecified atom stereocenters. The summed E-state index contributed by atoms with van der Waals surface area (Å²) in [5.74, 6) is 0.779. The first kappa shape index (κ1) is 13.2. The van der Waals surface area contributed by atoms with Gasteiger partial charge in [0.15, 0.2) is 5.78 Å². The van der Waals surface area contributed by atoms with Gasteiger partial charge in [-0.1, -0.05) is 41.4 Å². The Labute approximate surface area is 105 Å². The molecule has 0 aliphatic heterocycles. The zero-order valence-electron chi connectivity index (χ0n) is 9.70. The number of ketones is 1. The average Bonchev–Trinajstić information content (AvgIpc) is 2.29. The van der Waals surface area contributed by atoms with Gasteiger partial charge < -0.3 is 4.74 Å². The number of rotatable bonds is 6. The standard InChI is InChI=1S/C13H17BrO2/c1-3-7-11(14)13(15)10-8-5-6-9-12(10)16-4-2/h5-6,8-9,11H,3-4,7H2,1-2H3. The smallest absolute Gasteiger partial charge is 0.180 e. The van der Waals surface area contributed by atoms with E-state index in [4.69, 9.17) is 4.74 Å². The average molecular weight is 285 g/mol. The van der Waals surface area contributed by atoms with Crippen molar-refractivity contribution >= 4 is 21.7 Å². The Morgan fingerprint density at radius 1 is 1.38 bits per heavy atom. The zero-order chi connectivity index (χ0) is 12.0. The molecule has 1 rings (SSSR count). The summed E-state index contributed by atoms with van der Waals surface area (Å²) in [6.07, 6.45) is 1.83.